The summed E-state index contributed by atoms with van der Waals surface area (Å²) in [4.78, 5) is 11.5. The second-order valence-corrected chi connectivity index (χ2v) is 5.53. The Morgan fingerprint density at radius 1 is 1.00 bits per heavy atom. The molecule has 2 aromatic rings. The van der Waals surface area contributed by atoms with Crippen LogP contribution in [0.2, 0.25) is 0 Å². The third-order valence-electron chi connectivity index (χ3n) is 3.11. The molecule has 0 amide bonds. The lowest BCUT2D eigenvalue weighted by Crippen LogP contribution is -2.44. The number of carboxylic acids is 1. The Morgan fingerprint density at radius 2 is 1.30 bits per heavy atom. The van der Waals surface area contributed by atoms with E-state index in [1.807, 2.05) is 67.6 Å². The summed E-state index contributed by atoms with van der Waals surface area (Å²) in [5, 5.41) is 12.6. The Labute approximate surface area is 128 Å². The average molecular weight is 334 g/mol. The molecule has 106 valence electrons. The van der Waals surface area contributed by atoms with E-state index in [-0.39, 0.29) is 0 Å². The van der Waals surface area contributed by atoms with Gasteiger partial charge in [-0.15, -0.1) is 0 Å². The summed E-state index contributed by atoms with van der Waals surface area (Å²) in [6, 6.07) is 18.3. The Morgan fingerprint density at radius 3 is 1.55 bits per heavy atom. The van der Waals surface area contributed by atoms with Gasteiger partial charge in [-0.05, 0) is 18.1 Å². The zero-order chi connectivity index (χ0) is 15.0. The molecule has 0 saturated carbocycles. The zero-order valence-corrected chi connectivity index (χ0v) is 13.3. The first-order valence-corrected chi connectivity index (χ1v) is 7.58. The van der Waals surface area contributed by atoms with Gasteiger partial charge in [0, 0.05) is 5.33 Å². The van der Waals surface area contributed by atoms with E-state index in [4.69, 9.17) is 0 Å². The van der Waals surface area contributed by atoms with Crippen LogP contribution in [0.1, 0.15) is 25.0 Å². The number of aliphatic carboxylic acids is 1. The minimum atomic E-state index is -1.11. The van der Waals surface area contributed by atoms with Crippen LogP contribution in [0.15, 0.2) is 60.7 Å². The van der Waals surface area contributed by atoms with Crippen LogP contribution in [0.4, 0.5) is 0 Å². The lowest BCUT2D eigenvalue weighted by atomic mass is 9.76. The molecule has 0 saturated heterocycles. The molecule has 3 heteroatoms. The van der Waals surface area contributed by atoms with Gasteiger partial charge in [-0.3, -0.25) is 0 Å². The lowest BCUT2D eigenvalue weighted by Gasteiger charge is -2.31. The predicted octanol–water partition coefficient (Wildman–Crippen LogP) is 3.14. The summed E-state index contributed by atoms with van der Waals surface area (Å²) in [7, 11) is 0. The highest BCUT2D eigenvalue weighted by Crippen LogP contribution is 2.31. The second kappa shape index (κ2) is 7.85. The van der Waals surface area contributed by atoms with Crippen molar-refractivity contribution in [1.29, 1.82) is 0 Å². The molecule has 0 spiro atoms. The summed E-state index contributed by atoms with van der Waals surface area (Å²) < 4.78 is 0. The van der Waals surface area contributed by atoms with Crippen LogP contribution in [-0.4, -0.2) is 11.3 Å². The van der Waals surface area contributed by atoms with E-state index in [0.717, 1.165) is 16.5 Å². The highest BCUT2D eigenvalue weighted by Gasteiger charge is 2.30. The minimum Gasteiger partial charge on any atom is -0.549 e. The van der Waals surface area contributed by atoms with Gasteiger partial charge < -0.3 is 9.90 Å². The molecule has 0 fully saturated rings. The monoisotopic (exact) mass is 333 g/mol. The Bertz CT molecular complexity index is 484. The third-order valence-corrected chi connectivity index (χ3v) is 3.11. The van der Waals surface area contributed by atoms with Gasteiger partial charge in [0.2, 0.25) is 0 Å². The van der Waals surface area contributed by atoms with E-state index in [2.05, 4.69) is 15.9 Å². The van der Waals surface area contributed by atoms with Gasteiger partial charge >= 0.3 is 0 Å². The van der Waals surface area contributed by atoms with Crippen molar-refractivity contribution < 1.29 is 9.90 Å². The maximum absolute atomic E-state index is 11.5. The Balaban J connectivity index is 0.000000612. The summed E-state index contributed by atoms with van der Waals surface area (Å²) >= 11 is 3.15. The van der Waals surface area contributed by atoms with Crippen molar-refractivity contribution in [2.24, 2.45) is 0 Å². The molecule has 2 aromatic carbocycles. The molecule has 0 heterocycles. The molecule has 0 N–H and O–H groups in total. The fraction of sp³-hybridized carbons (Fsp3) is 0.235. The highest BCUT2D eigenvalue weighted by atomic mass is 79.9. The topological polar surface area (TPSA) is 40.1 Å². The van der Waals surface area contributed by atoms with Gasteiger partial charge in [-0.1, -0.05) is 83.5 Å². The minimum absolute atomic E-state index is 0.728. The fourth-order valence-corrected chi connectivity index (χ4v) is 1.95. The van der Waals surface area contributed by atoms with E-state index in [1.165, 1.54) is 0 Å². The molecule has 2 nitrogen and oxygen atoms in total. The van der Waals surface area contributed by atoms with Crippen molar-refractivity contribution in [2.75, 3.05) is 5.33 Å². The quantitative estimate of drug-likeness (QED) is 0.809. The molecule has 0 bridgehead atoms. The lowest BCUT2D eigenvalue weighted by molar-refractivity contribution is -0.311. The maximum Gasteiger partial charge on any atom is 0.0568 e. The standard InChI is InChI=1S/C15H14O2.C2H5Br/c1-15(14(16)17,12-8-4-2-5-9-12)13-10-6-3-7-11-13;1-2-3/h2-11H,1H3,(H,16,17);2H2,1H3/p-1. The van der Waals surface area contributed by atoms with E-state index in [1.54, 1.807) is 6.92 Å². The second-order valence-electron chi connectivity index (χ2n) is 4.41. The molecular weight excluding hydrogens is 316 g/mol. The predicted molar refractivity (Wildman–Crippen MR) is 83.8 cm³/mol. The summed E-state index contributed by atoms with van der Waals surface area (Å²) in [6.45, 7) is 3.72. The van der Waals surface area contributed by atoms with Crippen LogP contribution in [0.5, 0.6) is 0 Å². The average Bonchev–Trinajstić information content (AvgIpc) is 2.49. The van der Waals surface area contributed by atoms with E-state index in [0.29, 0.717) is 0 Å². The van der Waals surface area contributed by atoms with Crippen molar-refractivity contribution >= 4 is 21.9 Å². The fourth-order valence-electron chi connectivity index (χ4n) is 1.95. The number of carboxylic acid groups (broad SMARTS) is 1. The third kappa shape index (κ3) is 3.70. The number of benzene rings is 2. The van der Waals surface area contributed by atoms with E-state index < -0.39 is 11.4 Å². The Hall–Kier alpha value is -1.61. The molecule has 0 aliphatic heterocycles. The summed E-state index contributed by atoms with van der Waals surface area (Å²) in [5.74, 6) is -1.09. The van der Waals surface area contributed by atoms with E-state index >= 15 is 0 Å². The molecule has 0 aliphatic rings. The first-order chi connectivity index (χ1) is 9.57. The molecule has 0 atom stereocenters. The first kappa shape index (κ1) is 16.4. The SMILES string of the molecule is CC(C(=O)[O-])(c1ccccc1)c1ccccc1.CCBr. The number of alkyl halides is 1. The van der Waals surface area contributed by atoms with Crippen LogP contribution in [0.3, 0.4) is 0 Å². The molecule has 0 unspecified atom stereocenters. The van der Waals surface area contributed by atoms with Gasteiger partial charge in [0.15, 0.2) is 0 Å². The van der Waals surface area contributed by atoms with Crippen LogP contribution in [-0.2, 0) is 10.2 Å². The number of carbonyl (C=O) groups excluding carboxylic acids is 1. The van der Waals surface area contributed by atoms with Crippen LogP contribution in [0.25, 0.3) is 0 Å². The molecule has 0 radical (unpaired) electrons. The first-order valence-electron chi connectivity index (χ1n) is 6.45. The maximum atomic E-state index is 11.5. The number of carbonyl (C=O) groups is 1. The van der Waals surface area contributed by atoms with Gasteiger partial charge in [0.1, 0.15) is 0 Å². The number of hydrogen-bond donors (Lipinski definition) is 0. The molecule has 0 aromatic heterocycles. The van der Waals surface area contributed by atoms with Gasteiger partial charge in [0.25, 0.3) is 0 Å². The molecule has 0 aliphatic carbocycles. The van der Waals surface area contributed by atoms with Gasteiger partial charge in [-0.2, -0.15) is 0 Å². The number of rotatable bonds is 3. The van der Waals surface area contributed by atoms with Crippen molar-refractivity contribution in [3.8, 4) is 0 Å². The van der Waals surface area contributed by atoms with Crippen LogP contribution < -0.4 is 5.11 Å². The van der Waals surface area contributed by atoms with Crippen LogP contribution >= 0.6 is 15.9 Å². The highest BCUT2D eigenvalue weighted by molar-refractivity contribution is 9.09. The van der Waals surface area contributed by atoms with Gasteiger partial charge in [-0.25, -0.2) is 0 Å². The van der Waals surface area contributed by atoms with Crippen molar-refractivity contribution in [3.05, 3.63) is 71.8 Å². The molecule has 2 rings (SSSR count). The smallest absolute Gasteiger partial charge is 0.0568 e. The van der Waals surface area contributed by atoms with Crippen molar-refractivity contribution in [3.63, 3.8) is 0 Å². The van der Waals surface area contributed by atoms with E-state index in [9.17, 15) is 9.90 Å². The molecular formula is C17H18BrO2-. The number of halogens is 1. The zero-order valence-electron chi connectivity index (χ0n) is 11.7. The Kier molecular flexibility index (Phi) is 6.46. The number of hydrogen-bond acceptors (Lipinski definition) is 2. The van der Waals surface area contributed by atoms with Crippen molar-refractivity contribution in [2.45, 2.75) is 19.3 Å². The normalized spacial score (nSPS) is 10.3. The van der Waals surface area contributed by atoms with Crippen molar-refractivity contribution in [1.82, 2.24) is 0 Å². The summed E-state index contributed by atoms with van der Waals surface area (Å²) in [6.07, 6.45) is 0. The van der Waals surface area contributed by atoms with Gasteiger partial charge in [0.05, 0.1) is 11.4 Å². The van der Waals surface area contributed by atoms with Crippen LogP contribution in [0, 0.1) is 0 Å². The largest absolute Gasteiger partial charge is 0.549 e. The molecule has 20 heavy (non-hydrogen) atoms. The summed E-state index contributed by atoms with van der Waals surface area (Å²) in [5.41, 5.74) is 0.347.